The lowest BCUT2D eigenvalue weighted by molar-refractivity contribution is 0.0862. The van der Waals surface area contributed by atoms with Gasteiger partial charge in [-0.3, -0.25) is 0 Å². The second-order valence-corrected chi connectivity index (χ2v) is 11.7. The molecule has 112 valence electrons. The summed E-state index contributed by atoms with van der Waals surface area (Å²) in [5.41, 5.74) is 4.68. The molecule has 0 atom stereocenters. The number of piperidine rings is 1. The highest BCUT2D eigenvalue weighted by Gasteiger charge is 2.33. The molecule has 20 heavy (non-hydrogen) atoms. The van der Waals surface area contributed by atoms with E-state index in [1.54, 1.807) is 4.90 Å². The van der Waals surface area contributed by atoms with Crippen molar-refractivity contribution in [3.05, 3.63) is 11.6 Å². The molecule has 0 bridgehead atoms. The minimum atomic E-state index is -1.32. The zero-order valence-electron chi connectivity index (χ0n) is 13.7. The van der Waals surface area contributed by atoms with Gasteiger partial charge in [0.25, 0.3) is 0 Å². The van der Waals surface area contributed by atoms with Crippen LogP contribution >= 0.6 is 0 Å². The molecule has 0 aromatic heterocycles. The summed E-state index contributed by atoms with van der Waals surface area (Å²) in [4.78, 5) is 13.6. The molecule has 0 radical (unpaired) electrons. The Morgan fingerprint density at radius 2 is 2.10 bits per heavy atom. The first kappa shape index (κ1) is 16.8. The molecule has 3 nitrogen and oxygen atoms in total. The van der Waals surface area contributed by atoms with Gasteiger partial charge < -0.3 is 9.64 Å². The highest BCUT2D eigenvalue weighted by molar-refractivity contribution is 6.83. The number of likely N-dealkylation sites (tertiary alicyclic amines) is 1. The molecule has 1 fully saturated rings. The van der Waals surface area contributed by atoms with E-state index in [0.717, 1.165) is 13.0 Å². The lowest BCUT2D eigenvalue weighted by Crippen LogP contribution is -2.45. The summed E-state index contributed by atoms with van der Waals surface area (Å²) < 4.78 is 5.08. The summed E-state index contributed by atoms with van der Waals surface area (Å²) >= 11 is 0. The molecule has 0 aromatic rings. The van der Waals surface area contributed by atoms with Gasteiger partial charge in [-0.15, -0.1) is 5.54 Å². The van der Waals surface area contributed by atoms with Crippen LogP contribution in [0.5, 0.6) is 0 Å². The summed E-state index contributed by atoms with van der Waals surface area (Å²) in [6, 6.07) is 0. The Labute approximate surface area is 124 Å². The number of rotatable bonds is 1. The number of allylic oxidation sites excluding steroid dienone is 1. The maximum Gasteiger partial charge on any atom is 0.409 e. The lowest BCUT2D eigenvalue weighted by atomic mass is 9.79. The zero-order valence-corrected chi connectivity index (χ0v) is 14.7. The summed E-state index contributed by atoms with van der Waals surface area (Å²) in [5, 5.41) is 0. The van der Waals surface area contributed by atoms with Gasteiger partial charge in [-0.1, -0.05) is 45.0 Å². The van der Waals surface area contributed by atoms with Gasteiger partial charge in [0, 0.05) is 18.5 Å². The summed E-state index contributed by atoms with van der Waals surface area (Å²) in [6.45, 7) is 14.8. The van der Waals surface area contributed by atoms with Crippen molar-refractivity contribution < 1.29 is 9.53 Å². The van der Waals surface area contributed by atoms with Gasteiger partial charge in [-0.05, 0) is 19.4 Å². The van der Waals surface area contributed by atoms with Crippen molar-refractivity contribution in [2.24, 2.45) is 5.41 Å². The van der Waals surface area contributed by atoms with Gasteiger partial charge in [0.05, 0.1) is 6.61 Å². The molecule has 0 spiro atoms. The van der Waals surface area contributed by atoms with Crippen LogP contribution in [-0.2, 0) is 4.74 Å². The Balaban J connectivity index is 2.78. The maximum atomic E-state index is 11.8. The van der Waals surface area contributed by atoms with Gasteiger partial charge in [0.15, 0.2) is 0 Å². The van der Waals surface area contributed by atoms with E-state index in [2.05, 4.69) is 51.0 Å². The van der Waals surface area contributed by atoms with E-state index in [4.69, 9.17) is 4.74 Å². The summed E-state index contributed by atoms with van der Waals surface area (Å²) in [5.74, 6) is 3.23. The first-order valence-electron chi connectivity index (χ1n) is 7.29. The number of hydrogen-bond acceptors (Lipinski definition) is 2. The van der Waals surface area contributed by atoms with Crippen LogP contribution in [0.2, 0.25) is 19.6 Å². The average molecular weight is 293 g/mol. The Morgan fingerprint density at radius 3 is 2.60 bits per heavy atom. The largest absolute Gasteiger partial charge is 0.450 e. The molecule has 0 saturated carbocycles. The van der Waals surface area contributed by atoms with E-state index in [-0.39, 0.29) is 11.5 Å². The van der Waals surface area contributed by atoms with Gasteiger partial charge in [-0.25, -0.2) is 4.79 Å². The number of carbonyl (C=O) groups is 1. The molecule has 1 aliphatic rings. The molecule has 0 N–H and O–H groups in total. The van der Waals surface area contributed by atoms with Gasteiger partial charge in [0.2, 0.25) is 0 Å². The van der Waals surface area contributed by atoms with E-state index >= 15 is 0 Å². The van der Waals surface area contributed by atoms with Crippen LogP contribution in [0.15, 0.2) is 11.6 Å². The summed E-state index contributed by atoms with van der Waals surface area (Å²) in [7, 11) is -1.32. The SMILES string of the molecule is CCOC(=O)N1CC/C(=C\C#C[Si](C)(C)C)C(C)(C)C1. The lowest BCUT2D eigenvalue weighted by Gasteiger charge is -2.39. The molecule has 1 saturated heterocycles. The fourth-order valence-electron chi connectivity index (χ4n) is 2.23. The quantitative estimate of drug-likeness (QED) is 0.545. The third kappa shape index (κ3) is 5.05. The molecule has 1 aliphatic heterocycles. The first-order valence-corrected chi connectivity index (χ1v) is 10.8. The predicted octanol–water partition coefficient (Wildman–Crippen LogP) is 3.68. The molecule has 4 heteroatoms. The summed E-state index contributed by atoms with van der Waals surface area (Å²) in [6.07, 6.45) is 2.75. The third-order valence-electron chi connectivity index (χ3n) is 3.33. The van der Waals surface area contributed by atoms with E-state index < -0.39 is 8.07 Å². The Morgan fingerprint density at radius 1 is 1.45 bits per heavy atom. The third-order valence-corrected chi connectivity index (χ3v) is 4.22. The van der Waals surface area contributed by atoms with Crippen LogP contribution in [0.1, 0.15) is 27.2 Å². The Bertz CT molecular complexity index is 449. The topological polar surface area (TPSA) is 29.5 Å². The predicted molar refractivity (Wildman–Crippen MR) is 86.2 cm³/mol. The van der Waals surface area contributed by atoms with E-state index in [9.17, 15) is 4.79 Å². The van der Waals surface area contributed by atoms with Gasteiger partial charge >= 0.3 is 6.09 Å². The monoisotopic (exact) mass is 293 g/mol. The maximum absolute atomic E-state index is 11.8. The van der Waals surface area contributed by atoms with Crippen molar-refractivity contribution in [1.82, 2.24) is 4.90 Å². The van der Waals surface area contributed by atoms with Crippen molar-refractivity contribution in [3.8, 4) is 11.5 Å². The molecule has 0 unspecified atom stereocenters. The second kappa shape index (κ2) is 6.49. The van der Waals surface area contributed by atoms with Crippen LogP contribution in [0, 0.1) is 16.9 Å². The molecule has 1 rings (SSSR count). The number of amides is 1. The molecule has 1 heterocycles. The van der Waals surface area contributed by atoms with Crippen LogP contribution in [0.25, 0.3) is 0 Å². The first-order chi connectivity index (χ1) is 9.15. The van der Waals surface area contributed by atoms with Crippen molar-refractivity contribution in [1.29, 1.82) is 0 Å². The Kier molecular flexibility index (Phi) is 5.47. The minimum absolute atomic E-state index is 0.0286. The van der Waals surface area contributed by atoms with Gasteiger partial charge in [-0.2, -0.15) is 0 Å². The van der Waals surface area contributed by atoms with Crippen molar-refractivity contribution in [3.63, 3.8) is 0 Å². The highest BCUT2D eigenvalue weighted by atomic mass is 28.3. The van der Waals surface area contributed by atoms with Crippen molar-refractivity contribution >= 4 is 14.2 Å². The highest BCUT2D eigenvalue weighted by Crippen LogP contribution is 2.34. The van der Waals surface area contributed by atoms with Crippen LogP contribution in [-0.4, -0.2) is 38.8 Å². The number of carbonyl (C=O) groups excluding carboxylic acids is 1. The molecular weight excluding hydrogens is 266 g/mol. The molecule has 1 amide bonds. The minimum Gasteiger partial charge on any atom is -0.450 e. The molecular formula is C16H27NO2Si. The zero-order chi connectivity index (χ0) is 15.4. The normalized spacial score (nSPS) is 20.3. The van der Waals surface area contributed by atoms with E-state index in [1.165, 1.54) is 5.57 Å². The van der Waals surface area contributed by atoms with Crippen LogP contribution in [0.3, 0.4) is 0 Å². The molecule has 0 aliphatic carbocycles. The second-order valence-electron chi connectivity index (χ2n) is 6.94. The fourth-order valence-corrected chi connectivity index (χ4v) is 2.73. The van der Waals surface area contributed by atoms with Crippen LogP contribution < -0.4 is 0 Å². The average Bonchev–Trinajstić information content (AvgIpc) is 2.29. The smallest absolute Gasteiger partial charge is 0.409 e. The van der Waals surface area contributed by atoms with Crippen LogP contribution in [0.4, 0.5) is 4.79 Å². The Hall–Kier alpha value is -1.21. The number of nitrogens with zero attached hydrogens (tertiary/aromatic N) is 1. The van der Waals surface area contributed by atoms with E-state index in [0.29, 0.717) is 13.2 Å². The standard InChI is InChI=1S/C16H27NO2Si/c1-7-19-15(18)17-11-10-14(16(2,3)13-17)9-8-12-20(4,5)6/h9H,7,10-11,13H2,1-6H3/b14-9+. The van der Waals surface area contributed by atoms with E-state index in [1.807, 2.05) is 6.92 Å². The molecule has 0 aromatic carbocycles. The number of ether oxygens (including phenoxy) is 1. The fraction of sp³-hybridized carbons (Fsp3) is 0.688. The van der Waals surface area contributed by atoms with Crippen molar-refractivity contribution in [2.45, 2.75) is 46.8 Å². The van der Waals surface area contributed by atoms with Crippen molar-refractivity contribution in [2.75, 3.05) is 19.7 Å². The van der Waals surface area contributed by atoms with Gasteiger partial charge in [0.1, 0.15) is 8.07 Å². The number of hydrogen-bond donors (Lipinski definition) is 0.